The number of carbonyl (C=O) groups excluding carboxylic acids is 1. The number of aliphatic imine (C=N–C) groups is 1. The first-order valence-electron chi connectivity index (χ1n) is 22.2. The molecule has 314 valence electrons. The Bertz CT molecular complexity index is 1540. The lowest BCUT2D eigenvalue weighted by molar-refractivity contribution is -0.123. The molecule has 2 aliphatic rings. The minimum atomic E-state index is -0.536. The van der Waals surface area contributed by atoms with E-state index in [0.717, 1.165) is 89.7 Å². The average Bonchev–Trinajstić information content (AvgIpc) is 3.34. The smallest absolute Gasteiger partial charge is 0.237 e. The predicted octanol–water partition coefficient (Wildman–Crippen LogP) is 15.7. The summed E-state index contributed by atoms with van der Waals surface area (Å²) in [5.74, 6) is 1.46. The van der Waals surface area contributed by atoms with E-state index in [1.165, 1.54) is 51.0 Å². The SMILES string of the molecule is CC(C)C.CCCCCCC.C\C=C/C(N/C(C)=C(C)/C(=C\C(=C\CC)c1ccc2c(c1)N(C1CC(CCC)C1)C(=O)C2(C)C)N=CCCC)=C(F)\C=C\CC. The molecular formula is C51H82FN3O. The topological polar surface area (TPSA) is 44.7 Å². The zero-order valence-electron chi connectivity index (χ0n) is 38.4. The van der Waals surface area contributed by atoms with Crippen molar-refractivity contribution in [2.24, 2.45) is 16.8 Å². The second-order valence-corrected chi connectivity index (χ2v) is 16.7. The number of fused-ring (bicyclic) bond motifs is 1. The molecule has 1 N–H and O–H groups in total. The van der Waals surface area contributed by atoms with Gasteiger partial charge in [-0.2, -0.15) is 0 Å². The minimum absolute atomic E-state index is 0.211. The highest BCUT2D eigenvalue weighted by Gasteiger charge is 2.49. The van der Waals surface area contributed by atoms with Crippen LogP contribution in [0.15, 0.2) is 88.1 Å². The number of nitrogens with one attached hydrogen (secondary N) is 1. The first-order valence-corrected chi connectivity index (χ1v) is 22.2. The molecule has 1 heterocycles. The maximum atomic E-state index is 15.0. The molecule has 1 aromatic rings. The molecule has 0 saturated heterocycles. The van der Waals surface area contributed by atoms with Gasteiger partial charge < -0.3 is 10.2 Å². The Morgan fingerprint density at radius 2 is 1.59 bits per heavy atom. The highest BCUT2D eigenvalue weighted by atomic mass is 19.1. The van der Waals surface area contributed by atoms with Crippen molar-refractivity contribution in [1.82, 2.24) is 5.32 Å². The number of benzene rings is 1. The summed E-state index contributed by atoms with van der Waals surface area (Å²) in [6.45, 7) is 29.5. The monoisotopic (exact) mass is 772 g/mol. The summed E-state index contributed by atoms with van der Waals surface area (Å²) in [5.41, 5.74) is 6.77. The molecule has 0 atom stereocenters. The van der Waals surface area contributed by atoms with E-state index in [1.807, 2.05) is 46.1 Å². The predicted molar refractivity (Wildman–Crippen MR) is 247 cm³/mol. The van der Waals surface area contributed by atoms with Crippen molar-refractivity contribution in [2.75, 3.05) is 4.90 Å². The van der Waals surface area contributed by atoms with Gasteiger partial charge in [-0.3, -0.25) is 9.79 Å². The fraction of sp³-hybridized carbons (Fsp3) is 0.608. The number of rotatable bonds is 19. The van der Waals surface area contributed by atoms with Crippen LogP contribution in [0.3, 0.4) is 0 Å². The summed E-state index contributed by atoms with van der Waals surface area (Å²) in [7, 11) is 0. The Morgan fingerprint density at radius 1 is 0.946 bits per heavy atom. The van der Waals surface area contributed by atoms with Crippen molar-refractivity contribution in [3.8, 4) is 0 Å². The highest BCUT2D eigenvalue weighted by Crippen LogP contribution is 2.48. The summed E-state index contributed by atoms with van der Waals surface area (Å²) in [6, 6.07) is 6.79. The first kappa shape index (κ1) is 50.5. The molecule has 1 aromatic carbocycles. The van der Waals surface area contributed by atoms with E-state index in [2.05, 4.69) is 110 Å². The molecule has 56 heavy (non-hydrogen) atoms. The van der Waals surface area contributed by atoms with Crippen LogP contribution in [0.1, 0.15) is 192 Å². The van der Waals surface area contributed by atoms with E-state index in [-0.39, 0.29) is 17.8 Å². The van der Waals surface area contributed by atoms with Crippen LogP contribution in [0.4, 0.5) is 10.1 Å². The van der Waals surface area contributed by atoms with Gasteiger partial charge in [-0.05, 0) is 125 Å². The van der Waals surface area contributed by atoms with Gasteiger partial charge in [0.15, 0.2) is 0 Å². The van der Waals surface area contributed by atoms with Gasteiger partial charge in [-0.25, -0.2) is 4.39 Å². The zero-order valence-corrected chi connectivity index (χ0v) is 38.4. The van der Waals surface area contributed by atoms with Crippen LogP contribution in [0, 0.1) is 11.8 Å². The largest absolute Gasteiger partial charge is 0.356 e. The van der Waals surface area contributed by atoms with E-state index in [0.29, 0.717) is 5.70 Å². The van der Waals surface area contributed by atoms with Crippen LogP contribution < -0.4 is 10.2 Å². The molecule has 4 nitrogen and oxygen atoms in total. The Hall–Kier alpha value is -3.47. The molecule has 1 fully saturated rings. The standard InChI is InChI=1S/C40H56FN3O.C7H16.C4H10/c1-10-15-20-35(41)36(19-14-5)43-29(7)28(6)37(42-23-16-11-2)26-31(18-13-4)32-21-22-34-38(27-32)44(39(45)40(34,8)9)33-24-30(25-33)17-12-3;1-3-5-7-6-4-2;1-4(2)3/h14-15,18-23,26-27,30,33,43H,10-13,16-17,24-25H2,1-9H3;3-7H2,1-2H3;4H,1-3H3/b19-14-,20-15+,29-28+,31-18-,36-35-,37-26+,42-23?;;. The lowest BCUT2D eigenvalue weighted by atomic mass is 9.76. The fourth-order valence-electron chi connectivity index (χ4n) is 6.87. The molecule has 0 unspecified atom stereocenters. The molecule has 5 heteroatoms. The van der Waals surface area contributed by atoms with E-state index in [4.69, 9.17) is 4.99 Å². The Morgan fingerprint density at radius 3 is 2.12 bits per heavy atom. The average molecular weight is 772 g/mol. The van der Waals surface area contributed by atoms with E-state index >= 15 is 0 Å². The normalized spacial score (nSPS) is 19.1. The number of allylic oxidation sites excluding steroid dienone is 10. The third-order valence-electron chi connectivity index (χ3n) is 10.2. The van der Waals surface area contributed by atoms with Crippen LogP contribution in [-0.2, 0) is 10.2 Å². The van der Waals surface area contributed by atoms with Gasteiger partial charge >= 0.3 is 0 Å². The van der Waals surface area contributed by atoms with Crippen molar-refractivity contribution < 1.29 is 9.18 Å². The van der Waals surface area contributed by atoms with Crippen LogP contribution in [0.2, 0.25) is 0 Å². The summed E-state index contributed by atoms with van der Waals surface area (Å²) >= 11 is 0. The second kappa shape index (κ2) is 27.2. The van der Waals surface area contributed by atoms with Crippen LogP contribution in [-0.4, -0.2) is 18.2 Å². The van der Waals surface area contributed by atoms with Crippen LogP contribution in [0.5, 0.6) is 0 Å². The van der Waals surface area contributed by atoms with E-state index in [9.17, 15) is 9.18 Å². The molecule has 0 radical (unpaired) electrons. The number of hydrogen-bond donors (Lipinski definition) is 1. The van der Waals surface area contributed by atoms with Crippen molar-refractivity contribution in [1.29, 1.82) is 0 Å². The van der Waals surface area contributed by atoms with Gasteiger partial charge in [-0.1, -0.05) is 144 Å². The van der Waals surface area contributed by atoms with Crippen LogP contribution in [0.25, 0.3) is 5.57 Å². The van der Waals surface area contributed by atoms with Gasteiger partial charge in [0.25, 0.3) is 0 Å². The lowest BCUT2D eigenvalue weighted by Crippen LogP contribution is -2.49. The number of carbonyl (C=O) groups is 1. The number of amides is 1. The maximum absolute atomic E-state index is 15.0. The molecule has 1 saturated carbocycles. The van der Waals surface area contributed by atoms with Gasteiger partial charge in [0.05, 0.1) is 16.8 Å². The van der Waals surface area contributed by atoms with Crippen molar-refractivity contribution in [3.05, 3.63) is 94.3 Å². The molecule has 0 spiro atoms. The van der Waals surface area contributed by atoms with Gasteiger partial charge in [0.2, 0.25) is 5.91 Å². The molecule has 1 aliphatic heterocycles. The molecule has 0 bridgehead atoms. The molecule has 3 rings (SSSR count). The summed E-state index contributed by atoms with van der Waals surface area (Å²) in [6.07, 6.45) is 28.3. The number of halogens is 1. The summed E-state index contributed by atoms with van der Waals surface area (Å²) < 4.78 is 15.0. The zero-order chi connectivity index (χ0) is 42.3. The third-order valence-corrected chi connectivity index (χ3v) is 10.2. The number of hydrogen-bond acceptors (Lipinski definition) is 3. The van der Waals surface area contributed by atoms with Crippen LogP contribution >= 0.6 is 0 Å². The summed E-state index contributed by atoms with van der Waals surface area (Å²) in [4.78, 5) is 20.8. The minimum Gasteiger partial charge on any atom is -0.356 e. The number of anilines is 1. The lowest BCUT2D eigenvalue weighted by Gasteiger charge is -2.42. The molecule has 1 amide bonds. The van der Waals surface area contributed by atoms with Gasteiger partial charge in [-0.15, -0.1) is 0 Å². The Labute approximate surface area is 344 Å². The van der Waals surface area contributed by atoms with E-state index < -0.39 is 5.41 Å². The number of nitrogens with zero attached hydrogens (tertiary/aromatic N) is 2. The first-order chi connectivity index (χ1) is 26.7. The Kier molecular flexibility index (Phi) is 24.6. The van der Waals surface area contributed by atoms with Gasteiger partial charge in [0.1, 0.15) is 5.83 Å². The van der Waals surface area contributed by atoms with E-state index in [1.54, 1.807) is 6.08 Å². The molecule has 1 aliphatic carbocycles. The third kappa shape index (κ3) is 16.2. The van der Waals surface area contributed by atoms with Crippen molar-refractivity contribution >= 4 is 23.4 Å². The van der Waals surface area contributed by atoms with Crippen molar-refractivity contribution in [3.63, 3.8) is 0 Å². The Balaban J connectivity index is 0.00000125. The highest BCUT2D eigenvalue weighted by molar-refractivity contribution is 6.08. The quantitative estimate of drug-likeness (QED) is 0.0865. The molecule has 0 aromatic heterocycles. The van der Waals surface area contributed by atoms with Crippen molar-refractivity contribution in [2.45, 2.75) is 192 Å². The fourth-order valence-corrected chi connectivity index (χ4v) is 6.87. The van der Waals surface area contributed by atoms with Gasteiger partial charge in [0, 0.05) is 23.6 Å². The second-order valence-electron chi connectivity index (χ2n) is 16.7. The summed E-state index contributed by atoms with van der Waals surface area (Å²) in [5, 5.41) is 3.30. The maximum Gasteiger partial charge on any atom is 0.237 e. The molecular weight excluding hydrogens is 690 g/mol. The number of unbranched alkanes of at least 4 members (excludes halogenated alkanes) is 5.